The van der Waals surface area contributed by atoms with Crippen molar-refractivity contribution in [1.29, 1.82) is 0 Å². The number of hydrogen-bond acceptors (Lipinski definition) is 4. The van der Waals surface area contributed by atoms with Gasteiger partial charge in [0, 0.05) is 24.5 Å². The van der Waals surface area contributed by atoms with Crippen molar-refractivity contribution >= 4 is 11.4 Å². The zero-order valence-electron chi connectivity index (χ0n) is 17.3. The maximum Gasteiger partial charge on any atom is 0.277 e. The molecule has 0 bridgehead atoms. The second kappa shape index (κ2) is 9.30. The first kappa shape index (κ1) is 20.4. The van der Waals surface area contributed by atoms with E-state index in [4.69, 9.17) is 4.74 Å². The van der Waals surface area contributed by atoms with E-state index in [2.05, 4.69) is 10.4 Å². The lowest BCUT2D eigenvalue weighted by Crippen LogP contribution is -2.33. The number of nitrogens with zero attached hydrogens (tertiary/aromatic N) is 3. The molecule has 0 atom stereocenters. The first-order valence-electron chi connectivity index (χ1n) is 10.3. The fraction of sp³-hybridized carbons (Fsp3) is 0.208. The molecule has 0 fully saturated rings. The van der Waals surface area contributed by atoms with Crippen LogP contribution in [0.15, 0.2) is 77.9 Å². The van der Waals surface area contributed by atoms with Gasteiger partial charge in [-0.05, 0) is 49.2 Å². The molecule has 2 aromatic heterocycles. The lowest BCUT2D eigenvalue weighted by Gasteiger charge is -2.07. The number of carbonyl (C=O) groups is 1. The van der Waals surface area contributed by atoms with Gasteiger partial charge in [-0.15, -0.1) is 0 Å². The van der Waals surface area contributed by atoms with Crippen LogP contribution in [0, 0.1) is 0 Å². The Morgan fingerprint density at radius 1 is 1.06 bits per heavy atom. The van der Waals surface area contributed by atoms with E-state index in [9.17, 15) is 9.59 Å². The topological polar surface area (TPSA) is 77.6 Å². The molecular weight excluding hydrogens is 392 g/mol. The van der Waals surface area contributed by atoms with E-state index in [0.29, 0.717) is 24.4 Å². The Morgan fingerprint density at radius 3 is 2.58 bits per heavy atom. The standard InChI is InChI=1S/C24H24N4O3/c1-2-31-20-10-8-19(9-11-20)21-16-22-24(30)27(14-15-28(22)26-21)17-23(29)25-13-12-18-6-4-3-5-7-18/h3-11,14-16H,2,12-13,17H2,1H3,(H,25,29). The van der Waals surface area contributed by atoms with Crippen LogP contribution in [0.4, 0.5) is 0 Å². The van der Waals surface area contributed by atoms with Gasteiger partial charge >= 0.3 is 0 Å². The van der Waals surface area contributed by atoms with Crippen LogP contribution in [0.5, 0.6) is 5.75 Å². The number of hydrogen-bond donors (Lipinski definition) is 1. The Bertz CT molecular complexity index is 1230. The molecule has 0 saturated carbocycles. The van der Waals surface area contributed by atoms with Crippen molar-refractivity contribution in [3.8, 4) is 17.0 Å². The number of fused-ring (bicyclic) bond motifs is 1. The Balaban J connectivity index is 1.45. The van der Waals surface area contributed by atoms with Crippen LogP contribution in [0.3, 0.4) is 0 Å². The molecule has 0 radical (unpaired) electrons. The molecule has 0 spiro atoms. The monoisotopic (exact) mass is 416 g/mol. The average molecular weight is 416 g/mol. The lowest BCUT2D eigenvalue weighted by atomic mass is 10.1. The van der Waals surface area contributed by atoms with Crippen molar-refractivity contribution < 1.29 is 9.53 Å². The summed E-state index contributed by atoms with van der Waals surface area (Å²) in [5.74, 6) is 0.587. The first-order chi connectivity index (χ1) is 15.1. The van der Waals surface area contributed by atoms with E-state index in [0.717, 1.165) is 23.3 Å². The molecule has 0 aliphatic carbocycles. The summed E-state index contributed by atoms with van der Waals surface area (Å²) in [6, 6.07) is 19.2. The van der Waals surface area contributed by atoms with Gasteiger partial charge in [-0.3, -0.25) is 9.59 Å². The van der Waals surface area contributed by atoms with Crippen LogP contribution in [-0.4, -0.2) is 33.2 Å². The van der Waals surface area contributed by atoms with E-state index >= 15 is 0 Å². The van der Waals surface area contributed by atoms with E-state index in [1.807, 2.05) is 61.5 Å². The van der Waals surface area contributed by atoms with Gasteiger partial charge in [0.05, 0.1) is 12.3 Å². The molecule has 7 nitrogen and oxygen atoms in total. The lowest BCUT2D eigenvalue weighted by molar-refractivity contribution is -0.121. The van der Waals surface area contributed by atoms with Crippen molar-refractivity contribution in [3.63, 3.8) is 0 Å². The number of amides is 1. The van der Waals surface area contributed by atoms with Crippen LogP contribution in [0.1, 0.15) is 12.5 Å². The minimum Gasteiger partial charge on any atom is -0.494 e. The highest BCUT2D eigenvalue weighted by molar-refractivity contribution is 5.76. The minimum atomic E-state index is -0.259. The van der Waals surface area contributed by atoms with E-state index in [1.54, 1.807) is 18.5 Å². The Kier molecular flexibility index (Phi) is 6.12. The highest BCUT2D eigenvalue weighted by Gasteiger charge is 2.11. The zero-order chi connectivity index (χ0) is 21.6. The summed E-state index contributed by atoms with van der Waals surface area (Å²) in [5, 5.41) is 7.35. The first-order valence-corrected chi connectivity index (χ1v) is 10.3. The van der Waals surface area contributed by atoms with Crippen molar-refractivity contribution in [1.82, 2.24) is 19.5 Å². The average Bonchev–Trinajstić information content (AvgIpc) is 3.22. The zero-order valence-corrected chi connectivity index (χ0v) is 17.3. The third-order valence-corrected chi connectivity index (χ3v) is 4.96. The molecular formula is C24H24N4O3. The molecule has 0 saturated heterocycles. The molecule has 1 amide bonds. The molecule has 0 unspecified atom stereocenters. The summed E-state index contributed by atoms with van der Waals surface area (Å²) in [4.78, 5) is 25.1. The summed E-state index contributed by atoms with van der Waals surface area (Å²) >= 11 is 0. The smallest absolute Gasteiger partial charge is 0.277 e. The fourth-order valence-electron chi connectivity index (χ4n) is 3.38. The molecule has 4 aromatic rings. The quantitative estimate of drug-likeness (QED) is 0.479. The third-order valence-electron chi connectivity index (χ3n) is 4.96. The molecule has 31 heavy (non-hydrogen) atoms. The van der Waals surface area contributed by atoms with Crippen molar-refractivity contribution in [2.24, 2.45) is 0 Å². The minimum absolute atomic E-state index is 0.0340. The summed E-state index contributed by atoms with van der Waals surface area (Å²) in [7, 11) is 0. The SMILES string of the molecule is CCOc1ccc(-c2cc3c(=O)n(CC(=O)NCCc4ccccc4)ccn3n2)cc1. The summed E-state index contributed by atoms with van der Waals surface area (Å²) in [5.41, 5.74) is 2.89. The highest BCUT2D eigenvalue weighted by atomic mass is 16.5. The van der Waals surface area contributed by atoms with Gasteiger partial charge in [-0.2, -0.15) is 5.10 Å². The number of ether oxygens (including phenoxy) is 1. The maximum atomic E-state index is 12.8. The number of benzene rings is 2. The fourth-order valence-corrected chi connectivity index (χ4v) is 3.38. The number of nitrogens with one attached hydrogen (secondary N) is 1. The second-order valence-corrected chi connectivity index (χ2v) is 7.13. The molecule has 158 valence electrons. The van der Waals surface area contributed by atoms with Crippen LogP contribution < -0.4 is 15.6 Å². The third kappa shape index (κ3) is 4.83. The van der Waals surface area contributed by atoms with Crippen LogP contribution in [0.2, 0.25) is 0 Å². The summed E-state index contributed by atoms with van der Waals surface area (Å²) in [6.45, 7) is 3.03. The molecule has 0 aliphatic heterocycles. The maximum absolute atomic E-state index is 12.8. The van der Waals surface area contributed by atoms with Gasteiger partial charge in [0.15, 0.2) is 0 Å². The van der Waals surface area contributed by atoms with Gasteiger partial charge in [-0.1, -0.05) is 30.3 Å². The summed E-state index contributed by atoms with van der Waals surface area (Å²) < 4.78 is 8.40. The summed E-state index contributed by atoms with van der Waals surface area (Å²) in [6.07, 6.45) is 4.02. The van der Waals surface area contributed by atoms with Gasteiger partial charge in [0.2, 0.25) is 5.91 Å². The second-order valence-electron chi connectivity index (χ2n) is 7.13. The largest absolute Gasteiger partial charge is 0.494 e. The molecule has 7 heteroatoms. The Hall–Kier alpha value is -3.87. The molecule has 4 rings (SSSR count). The van der Waals surface area contributed by atoms with Gasteiger partial charge in [0.25, 0.3) is 5.56 Å². The van der Waals surface area contributed by atoms with Gasteiger partial charge in [0.1, 0.15) is 17.8 Å². The molecule has 2 heterocycles. The number of rotatable bonds is 8. The van der Waals surface area contributed by atoms with Crippen LogP contribution >= 0.6 is 0 Å². The van der Waals surface area contributed by atoms with Crippen LogP contribution in [0.25, 0.3) is 16.8 Å². The van der Waals surface area contributed by atoms with Crippen molar-refractivity contribution in [3.05, 3.63) is 89.0 Å². The normalized spacial score (nSPS) is 10.9. The van der Waals surface area contributed by atoms with Gasteiger partial charge < -0.3 is 14.6 Å². The Labute approximate surface area is 179 Å². The highest BCUT2D eigenvalue weighted by Crippen LogP contribution is 2.21. The Morgan fingerprint density at radius 2 is 1.84 bits per heavy atom. The van der Waals surface area contributed by atoms with E-state index in [-0.39, 0.29) is 18.0 Å². The molecule has 1 N–H and O–H groups in total. The van der Waals surface area contributed by atoms with Crippen LogP contribution in [-0.2, 0) is 17.8 Å². The van der Waals surface area contributed by atoms with Crippen molar-refractivity contribution in [2.45, 2.75) is 19.9 Å². The van der Waals surface area contributed by atoms with Crippen molar-refractivity contribution in [2.75, 3.05) is 13.2 Å². The predicted octanol–water partition coefficient (Wildman–Crippen LogP) is 2.92. The number of carbonyl (C=O) groups excluding carboxylic acids is 1. The van der Waals surface area contributed by atoms with Gasteiger partial charge in [-0.25, -0.2) is 4.52 Å². The predicted molar refractivity (Wildman–Crippen MR) is 119 cm³/mol. The number of aromatic nitrogens is 3. The molecule has 2 aromatic carbocycles. The van der Waals surface area contributed by atoms with E-state index in [1.165, 1.54) is 9.08 Å². The molecule has 0 aliphatic rings. The van der Waals surface area contributed by atoms with E-state index < -0.39 is 0 Å².